The van der Waals surface area contributed by atoms with E-state index in [1.165, 1.54) is 62.0 Å². The lowest BCUT2D eigenvalue weighted by atomic mass is 9.96. The van der Waals surface area contributed by atoms with Crippen molar-refractivity contribution in [2.24, 2.45) is 5.92 Å². The molecule has 1 unspecified atom stereocenters. The molecular weight excluding hydrogens is 246 g/mol. The molecule has 3 rings (SSSR count). The fraction of sp³-hybridized carbons (Fsp3) is 0.706. The summed E-state index contributed by atoms with van der Waals surface area (Å²) < 4.78 is 0. The van der Waals surface area contributed by atoms with Crippen LogP contribution in [0.5, 0.6) is 0 Å². The fourth-order valence-electron chi connectivity index (χ4n) is 4.12. The summed E-state index contributed by atoms with van der Waals surface area (Å²) in [5.74, 6) is 2.15. The summed E-state index contributed by atoms with van der Waals surface area (Å²) >= 11 is 0. The zero-order chi connectivity index (χ0) is 13.9. The molecule has 3 heteroatoms. The van der Waals surface area contributed by atoms with Crippen molar-refractivity contribution in [3.63, 3.8) is 0 Å². The Morgan fingerprint density at radius 2 is 2.05 bits per heavy atom. The normalized spacial score (nSPS) is 23.7. The third kappa shape index (κ3) is 2.69. The standard InChI is InChI=1S/C17H27N3/c1-13-10-14(11-18-2)12-19-17(13)20-9-5-8-16(20)15-6-3-4-7-15/h10,12,15-16,18H,3-9,11H2,1-2H3. The predicted molar refractivity (Wildman–Crippen MR) is 84.1 cm³/mol. The van der Waals surface area contributed by atoms with E-state index in [0.717, 1.165) is 18.5 Å². The Kier molecular flexibility index (Phi) is 4.25. The van der Waals surface area contributed by atoms with Gasteiger partial charge < -0.3 is 10.2 Å². The monoisotopic (exact) mass is 273 g/mol. The number of anilines is 1. The first kappa shape index (κ1) is 13.9. The summed E-state index contributed by atoms with van der Waals surface area (Å²) in [5.41, 5.74) is 2.62. The van der Waals surface area contributed by atoms with Gasteiger partial charge in [-0.15, -0.1) is 0 Å². The second-order valence-electron chi connectivity index (χ2n) is 6.46. The van der Waals surface area contributed by atoms with E-state index < -0.39 is 0 Å². The summed E-state index contributed by atoms with van der Waals surface area (Å²) in [4.78, 5) is 7.39. The minimum absolute atomic E-state index is 0.749. The molecule has 2 heterocycles. The molecule has 1 aromatic rings. The molecule has 0 amide bonds. The summed E-state index contributed by atoms with van der Waals surface area (Å²) in [6.07, 6.45) is 10.5. The topological polar surface area (TPSA) is 28.2 Å². The zero-order valence-electron chi connectivity index (χ0n) is 12.9. The van der Waals surface area contributed by atoms with Crippen molar-refractivity contribution in [2.75, 3.05) is 18.5 Å². The van der Waals surface area contributed by atoms with E-state index >= 15 is 0 Å². The van der Waals surface area contributed by atoms with Crippen molar-refractivity contribution in [1.82, 2.24) is 10.3 Å². The van der Waals surface area contributed by atoms with Crippen LogP contribution in [0.3, 0.4) is 0 Å². The molecule has 1 aliphatic carbocycles. The molecule has 0 radical (unpaired) electrons. The minimum Gasteiger partial charge on any atom is -0.353 e. The molecular formula is C17H27N3. The SMILES string of the molecule is CNCc1cnc(N2CCCC2C2CCCC2)c(C)c1. The first-order valence-electron chi connectivity index (χ1n) is 8.16. The van der Waals surface area contributed by atoms with E-state index in [1.54, 1.807) is 0 Å². The molecule has 2 fully saturated rings. The van der Waals surface area contributed by atoms with Gasteiger partial charge in [0.2, 0.25) is 0 Å². The van der Waals surface area contributed by atoms with Gasteiger partial charge in [0.1, 0.15) is 5.82 Å². The number of pyridine rings is 1. The number of nitrogens with one attached hydrogen (secondary N) is 1. The van der Waals surface area contributed by atoms with E-state index in [4.69, 9.17) is 4.98 Å². The van der Waals surface area contributed by atoms with Gasteiger partial charge in [-0.2, -0.15) is 0 Å². The third-order valence-corrected chi connectivity index (χ3v) is 5.00. The number of hydrogen-bond donors (Lipinski definition) is 1. The Labute approximate surface area is 122 Å². The van der Waals surface area contributed by atoms with E-state index in [2.05, 4.69) is 23.2 Å². The zero-order valence-corrected chi connectivity index (χ0v) is 12.9. The Hall–Kier alpha value is -1.09. The predicted octanol–water partition coefficient (Wildman–Crippen LogP) is 3.27. The van der Waals surface area contributed by atoms with Gasteiger partial charge in [-0.25, -0.2) is 4.98 Å². The van der Waals surface area contributed by atoms with Crippen LogP contribution in [0.2, 0.25) is 0 Å². The van der Waals surface area contributed by atoms with Crippen molar-refractivity contribution < 1.29 is 0 Å². The number of rotatable bonds is 4. The Morgan fingerprint density at radius 1 is 1.25 bits per heavy atom. The molecule has 1 saturated carbocycles. The third-order valence-electron chi connectivity index (χ3n) is 5.00. The van der Waals surface area contributed by atoms with Gasteiger partial charge in [-0.3, -0.25) is 0 Å². The van der Waals surface area contributed by atoms with Gasteiger partial charge in [0.25, 0.3) is 0 Å². The molecule has 2 aliphatic rings. The van der Waals surface area contributed by atoms with Gasteiger partial charge in [0.05, 0.1) is 0 Å². The summed E-state index contributed by atoms with van der Waals surface area (Å²) in [5, 5.41) is 3.20. The van der Waals surface area contributed by atoms with E-state index in [-0.39, 0.29) is 0 Å². The second-order valence-corrected chi connectivity index (χ2v) is 6.46. The van der Waals surface area contributed by atoms with Crippen LogP contribution in [0.25, 0.3) is 0 Å². The average molecular weight is 273 g/mol. The fourth-order valence-corrected chi connectivity index (χ4v) is 4.12. The highest BCUT2D eigenvalue weighted by atomic mass is 15.2. The molecule has 1 aliphatic heterocycles. The maximum atomic E-state index is 4.79. The van der Waals surface area contributed by atoms with Gasteiger partial charge >= 0.3 is 0 Å². The molecule has 3 nitrogen and oxygen atoms in total. The van der Waals surface area contributed by atoms with Gasteiger partial charge in [-0.05, 0) is 62.8 Å². The molecule has 20 heavy (non-hydrogen) atoms. The Balaban J connectivity index is 1.80. The number of hydrogen-bond acceptors (Lipinski definition) is 3. The van der Waals surface area contributed by atoms with Crippen LogP contribution in [-0.2, 0) is 6.54 Å². The van der Waals surface area contributed by atoms with E-state index in [9.17, 15) is 0 Å². The number of aromatic nitrogens is 1. The largest absolute Gasteiger partial charge is 0.353 e. The van der Waals surface area contributed by atoms with Crippen molar-refractivity contribution in [1.29, 1.82) is 0 Å². The first-order chi connectivity index (χ1) is 9.79. The number of nitrogens with zero attached hydrogens (tertiary/aromatic N) is 2. The van der Waals surface area contributed by atoms with E-state index in [0.29, 0.717) is 0 Å². The quantitative estimate of drug-likeness (QED) is 0.912. The molecule has 1 aromatic heterocycles. The summed E-state index contributed by atoms with van der Waals surface area (Å²) in [7, 11) is 1.99. The number of aryl methyl sites for hydroxylation is 1. The lowest BCUT2D eigenvalue weighted by Crippen LogP contribution is -2.35. The highest BCUT2D eigenvalue weighted by Crippen LogP contribution is 2.38. The van der Waals surface area contributed by atoms with Crippen molar-refractivity contribution >= 4 is 5.82 Å². The lowest BCUT2D eigenvalue weighted by molar-refractivity contribution is 0.429. The maximum absolute atomic E-state index is 4.79. The molecule has 110 valence electrons. The first-order valence-corrected chi connectivity index (χ1v) is 8.16. The van der Waals surface area contributed by atoms with Gasteiger partial charge in [0, 0.05) is 25.3 Å². The van der Waals surface area contributed by atoms with Crippen molar-refractivity contribution in [2.45, 2.75) is 58.0 Å². The summed E-state index contributed by atoms with van der Waals surface area (Å²) in [6.45, 7) is 4.31. The minimum atomic E-state index is 0.749. The molecule has 1 atom stereocenters. The van der Waals surface area contributed by atoms with Gasteiger partial charge in [-0.1, -0.05) is 12.8 Å². The second kappa shape index (κ2) is 6.13. The Morgan fingerprint density at radius 3 is 2.75 bits per heavy atom. The van der Waals surface area contributed by atoms with Crippen LogP contribution in [0.1, 0.15) is 49.7 Å². The van der Waals surface area contributed by atoms with Crippen molar-refractivity contribution in [3.05, 3.63) is 23.4 Å². The van der Waals surface area contributed by atoms with Crippen LogP contribution in [0.4, 0.5) is 5.82 Å². The highest BCUT2D eigenvalue weighted by molar-refractivity contribution is 5.49. The van der Waals surface area contributed by atoms with Gasteiger partial charge in [0.15, 0.2) is 0 Å². The molecule has 0 spiro atoms. The molecule has 0 bridgehead atoms. The molecule has 1 saturated heterocycles. The molecule has 1 N–H and O–H groups in total. The van der Waals surface area contributed by atoms with E-state index in [1.807, 2.05) is 13.2 Å². The van der Waals surface area contributed by atoms with Crippen LogP contribution in [0.15, 0.2) is 12.3 Å². The van der Waals surface area contributed by atoms with Crippen molar-refractivity contribution in [3.8, 4) is 0 Å². The molecule has 0 aromatic carbocycles. The van der Waals surface area contributed by atoms with Crippen LogP contribution < -0.4 is 10.2 Å². The van der Waals surface area contributed by atoms with Crippen LogP contribution in [0, 0.1) is 12.8 Å². The smallest absolute Gasteiger partial charge is 0.131 e. The van der Waals surface area contributed by atoms with Crippen LogP contribution >= 0.6 is 0 Å². The lowest BCUT2D eigenvalue weighted by Gasteiger charge is -2.31. The highest BCUT2D eigenvalue weighted by Gasteiger charge is 2.34. The van der Waals surface area contributed by atoms with Crippen LogP contribution in [-0.4, -0.2) is 24.6 Å². The Bertz CT molecular complexity index is 452. The summed E-state index contributed by atoms with van der Waals surface area (Å²) in [6, 6.07) is 3.04. The average Bonchev–Trinajstić information content (AvgIpc) is 3.10. The maximum Gasteiger partial charge on any atom is 0.131 e.